The summed E-state index contributed by atoms with van der Waals surface area (Å²) in [4.78, 5) is 11.1. The number of halogens is 1. The summed E-state index contributed by atoms with van der Waals surface area (Å²) >= 11 is 8.04. The Morgan fingerprint density at radius 1 is 0.892 bits per heavy atom. The number of hydrogen-bond acceptors (Lipinski definition) is 7. The van der Waals surface area contributed by atoms with E-state index in [1.165, 1.54) is 0 Å². The zero-order chi connectivity index (χ0) is 25.4. The van der Waals surface area contributed by atoms with E-state index in [1.807, 2.05) is 77.8 Å². The number of methoxy groups -OCH3 is 2. The Kier molecular flexibility index (Phi) is 6.24. The first-order chi connectivity index (χ1) is 18.1. The molecular weight excluding hydrogens is 504 g/mol. The number of anilines is 1. The van der Waals surface area contributed by atoms with Gasteiger partial charge < -0.3 is 9.47 Å². The maximum Gasteiger partial charge on any atom is 0.247 e. The van der Waals surface area contributed by atoms with Crippen molar-refractivity contribution in [2.45, 2.75) is 12.5 Å². The molecule has 37 heavy (non-hydrogen) atoms. The van der Waals surface area contributed by atoms with Crippen molar-refractivity contribution in [3.63, 3.8) is 0 Å². The molecule has 2 aromatic heterocycles. The van der Waals surface area contributed by atoms with Gasteiger partial charge in [-0.1, -0.05) is 54.1 Å². The van der Waals surface area contributed by atoms with E-state index in [0.717, 1.165) is 38.3 Å². The second-order valence-electron chi connectivity index (χ2n) is 8.60. The molecule has 8 heteroatoms. The highest BCUT2D eigenvalue weighted by atomic mass is 35.5. The first-order valence-corrected chi connectivity index (χ1v) is 13.1. The van der Waals surface area contributed by atoms with E-state index < -0.39 is 0 Å². The van der Waals surface area contributed by atoms with Gasteiger partial charge in [-0.05, 0) is 47.3 Å². The Morgan fingerprint density at radius 2 is 1.73 bits per heavy atom. The lowest BCUT2D eigenvalue weighted by Crippen LogP contribution is -2.21. The molecule has 1 atom stereocenters. The Morgan fingerprint density at radius 3 is 2.49 bits per heavy atom. The van der Waals surface area contributed by atoms with Gasteiger partial charge in [-0.15, -0.1) is 11.3 Å². The van der Waals surface area contributed by atoms with Crippen molar-refractivity contribution in [2.75, 3.05) is 19.2 Å². The van der Waals surface area contributed by atoms with Crippen LogP contribution < -0.4 is 14.5 Å². The third kappa shape index (κ3) is 4.41. The summed E-state index contributed by atoms with van der Waals surface area (Å²) in [5.41, 5.74) is 4.64. The molecule has 0 spiro atoms. The molecule has 0 saturated carbocycles. The molecule has 6 rings (SSSR count). The summed E-state index contributed by atoms with van der Waals surface area (Å²) in [6.45, 7) is 0. The van der Waals surface area contributed by atoms with Gasteiger partial charge in [0.05, 0.1) is 42.1 Å². The van der Waals surface area contributed by atoms with Gasteiger partial charge in [0.15, 0.2) is 11.5 Å². The molecule has 3 heterocycles. The van der Waals surface area contributed by atoms with E-state index in [2.05, 4.69) is 11.4 Å². The van der Waals surface area contributed by atoms with Crippen molar-refractivity contribution in [3.8, 4) is 22.8 Å². The summed E-state index contributed by atoms with van der Waals surface area (Å²) in [5.74, 6) is 1.88. The fourth-order valence-corrected chi connectivity index (χ4v) is 5.51. The standard InChI is InChI=1S/C29H23ClN4O2S/c1-35-25-13-10-19(15-26(25)36-2)24-17-23(27-9-6-14-37-27)33-34(24)29-31-22-12-11-20(30)16-21(22)28(32-29)18-7-4-3-5-8-18/h3-16,24H,17H2,1-2H3. The Bertz CT molecular complexity index is 1610. The van der Waals surface area contributed by atoms with E-state index in [1.54, 1.807) is 25.6 Å². The molecule has 1 aliphatic heterocycles. The Labute approximate surface area is 223 Å². The van der Waals surface area contributed by atoms with Crippen LogP contribution >= 0.6 is 22.9 Å². The summed E-state index contributed by atoms with van der Waals surface area (Å²) < 4.78 is 11.1. The van der Waals surface area contributed by atoms with Crippen LogP contribution in [0, 0.1) is 0 Å². The van der Waals surface area contributed by atoms with Gasteiger partial charge in [-0.25, -0.2) is 15.0 Å². The third-order valence-corrected chi connectivity index (χ3v) is 7.56. The molecule has 184 valence electrons. The highest BCUT2D eigenvalue weighted by Gasteiger charge is 2.33. The first-order valence-electron chi connectivity index (χ1n) is 11.8. The van der Waals surface area contributed by atoms with Crippen LogP contribution in [-0.4, -0.2) is 29.9 Å². The fraction of sp³-hybridized carbons (Fsp3) is 0.138. The topological polar surface area (TPSA) is 59.8 Å². The quantitative estimate of drug-likeness (QED) is 0.231. The molecule has 0 saturated heterocycles. The highest BCUT2D eigenvalue weighted by Crippen LogP contribution is 2.40. The number of aromatic nitrogens is 2. The summed E-state index contributed by atoms with van der Waals surface area (Å²) in [7, 11) is 3.28. The average Bonchev–Trinajstić information content (AvgIpc) is 3.63. The van der Waals surface area contributed by atoms with E-state index in [9.17, 15) is 0 Å². The van der Waals surface area contributed by atoms with Gasteiger partial charge in [0.25, 0.3) is 0 Å². The highest BCUT2D eigenvalue weighted by molar-refractivity contribution is 7.12. The van der Waals surface area contributed by atoms with E-state index in [0.29, 0.717) is 28.9 Å². The fourth-order valence-electron chi connectivity index (χ4n) is 4.61. The number of benzene rings is 3. The van der Waals surface area contributed by atoms with Crippen LogP contribution in [0.4, 0.5) is 5.95 Å². The summed E-state index contributed by atoms with van der Waals surface area (Å²) in [6.07, 6.45) is 0.707. The van der Waals surface area contributed by atoms with Gasteiger partial charge >= 0.3 is 0 Å². The molecule has 0 bridgehead atoms. The lowest BCUT2D eigenvalue weighted by Gasteiger charge is -2.23. The van der Waals surface area contributed by atoms with Crippen LogP contribution in [0.2, 0.25) is 5.02 Å². The predicted molar refractivity (Wildman–Crippen MR) is 150 cm³/mol. The minimum absolute atomic E-state index is 0.120. The summed E-state index contributed by atoms with van der Waals surface area (Å²) in [6, 6.07) is 25.8. The van der Waals surface area contributed by atoms with Gasteiger partial charge in [-0.2, -0.15) is 5.10 Å². The number of hydrogen-bond donors (Lipinski definition) is 0. The summed E-state index contributed by atoms with van der Waals surface area (Å²) in [5, 5.41) is 10.6. The second-order valence-corrected chi connectivity index (χ2v) is 9.99. The molecule has 0 N–H and O–H groups in total. The minimum Gasteiger partial charge on any atom is -0.493 e. The largest absolute Gasteiger partial charge is 0.493 e. The lowest BCUT2D eigenvalue weighted by atomic mass is 10.0. The van der Waals surface area contributed by atoms with Crippen LogP contribution in [-0.2, 0) is 0 Å². The van der Waals surface area contributed by atoms with Gasteiger partial charge in [-0.3, -0.25) is 0 Å². The van der Waals surface area contributed by atoms with Crippen molar-refractivity contribution in [3.05, 3.63) is 99.7 Å². The number of hydrazone groups is 1. The van der Waals surface area contributed by atoms with Gasteiger partial charge in [0.2, 0.25) is 5.95 Å². The second kappa shape index (κ2) is 9.84. The maximum atomic E-state index is 6.37. The molecule has 0 fully saturated rings. The maximum absolute atomic E-state index is 6.37. The van der Waals surface area contributed by atoms with E-state index >= 15 is 0 Å². The molecule has 1 aliphatic rings. The molecule has 3 aromatic carbocycles. The van der Waals surface area contributed by atoms with Crippen LogP contribution in [0.1, 0.15) is 22.9 Å². The smallest absolute Gasteiger partial charge is 0.247 e. The van der Waals surface area contributed by atoms with E-state index in [-0.39, 0.29) is 6.04 Å². The molecule has 0 amide bonds. The molecule has 6 nitrogen and oxygen atoms in total. The van der Waals surface area contributed by atoms with Gasteiger partial charge in [0.1, 0.15) is 0 Å². The van der Waals surface area contributed by atoms with Crippen LogP contribution in [0.3, 0.4) is 0 Å². The van der Waals surface area contributed by atoms with Crippen LogP contribution in [0.5, 0.6) is 11.5 Å². The van der Waals surface area contributed by atoms with Crippen molar-refractivity contribution >= 4 is 45.5 Å². The minimum atomic E-state index is -0.120. The number of fused-ring (bicyclic) bond motifs is 1. The molecule has 0 radical (unpaired) electrons. The number of ether oxygens (including phenoxy) is 2. The van der Waals surface area contributed by atoms with E-state index in [4.69, 9.17) is 36.1 Å². The van der Waals surface area contributed by atoms with Crippen molar-refractivity contribution < 1.29 is 9.47 Å². The van der Waals surface area contributed by atoms with Crippen LogP contribution in [0.15, 0.2) is 89.3 Å². The number of nitrogens with zero attached hydrogens (tertiary/aromatic N) is 4. The average molecular weight is 527 g/mol. The van der Waals surface area contributed by atoms with Crippen molar-refractivity contribution in [2.24, 2.45) is 5.10 Å². The SMILES string of the molecule is COc1ccc(C2CC(c3cccs3)=NN2c2nc(-c3ccccc3)c3cc(Cl)ccc3n2)cc1OC. The number of rotatable bonds is 6. The predicted octanol–water partition coefficient (Wildman–Crippen LogP) is 7.38. The molecular formula is C29H23ClN4O2S. The third-order valence-electron chi connectivity index (χ3n) is 6.41. The zero-order valence-electron chi connectivity index (χ0n) is 20.3. The monoisotopic (exact) mass is 526 g/mol. The molecule has 0 aliphatic carbocycles. The van der Waals surface area contributed by atoms with Crippen LogP contribution in [0.25, 0.3) is 22.2 Å². The lowest BCUT2D eigenvalue weighted by molar-refractivity contribution is 0.354. The van der Waals surface area contributed by atoms with Gasteiger partial charge in [0, 0.05) is 22.4 Å². The van der Waals surface area contributed by atoms with Crippen molar-refractivity contribution in [1.82, 2.24) is 9.97 Å². The Hall–Kier alpha value is -3.94. The molecule has 1 unspecified atom stereocenters. The number of thiophene rings is 1. The van der Waals surface area contributed by atoms with Crippen molar-refractivity contribution in [1.29, 1.82) is 0 Å². The zero-order valence-corrected chi connectivity index (χ0v) is 21.8. The molecule has 5 aromatic rings. The Balaban J connectivity index is 1.53. The first kappa shape index (κ1) is 23.5. The normalized spacial score (nSPS) is 15.2.